The molecule has 3 aromatic carbocycles. The van der Waals surface area contributed by atoms with Gasteiger partial charge in [0.25, 0.3) is 10.1 Å². The molecule has 0 heterocycles. The fourth-order valence-electron chi connectivity index (χ4n) is 2.89. The third kappa shape index (κ3) is 8.04. The predicted octanol–water partition coefficient (Wildman–Crippen LogP) is 3.08. The van der Waals surface area contributed by atoms with Gasteiger partial charge in [-0.05, 0) is 41.8 Å². The molecule has 0 fully saturated rings. The third-order valence-electron chi connectivity index (χ3n) is 4.39. The number of aromatic hydroxyl groups is 1. The van der Waals surface area contributed by atoms with Gasteiger partial charge >= 0.3 is 10.4 Å². The summed E-state index contributed by atoms with van der Waals surface area (Å²) in [5.74, 6) is -0.790. The lowest BCUT2D eigenvalue weighted by Gasteiger charge is -2.12. The molecule has 6 N–H and O–H groups in total. The molecule has 3 aromatic rings. The first-order valence-corrected chi connectivity index (χ1v) is 14.5. The Morgan fingerprint density at radius 3 is 2.32 bits per heavy atom. The van der Waals surface area contributed by atoms with Crippen molar-refractivity contribution in [3.63, 3.8) is 0 Å². The molecule has 3 rings (SSSR count). The van der Waals surface area contributed by atoms with E-state index in [2.05, 4.69) is 23.8 Å². The van der Waals surface area contributed by atoms with E-state index >= 15 is 0 Å². The lowest BCUT2D eigenvalue weighted by molar-refractivity contribution is -0.432. The molecule has 1 atom stereocenters. The van der Waals surface area contributed by atoms with Crippen LogP contribution in [0.2, 0.25) is 0 Å². The van der Waals surface area contributed by atoms with E-state index < -0.39 is 48.8 Å². The topological polar surface area (TPSA) is 254 Å². The highest BCUT2D eigenvalue weighted by Gasteiger charge is 2.20. The summed E-state index contributed by atoms with van der Waals surface area (Å²) in [5, 5.41) is 30.6. The number of nitrogens with two attached hydrogens (primary N) is 1. The molecular formula is C18H17N3O13S4. The van der Waals surface area contributed by atoms with Gasteiger partial charge < -0.3 is 15.0 Å². The molecule has 20 heteroatoms. The first-order valence-electron chi connectivity index (χ1n) is 9.70. The maximum absolute atomic E-state index is 11.8. The van der Waals surface area contributed by atoms with Crippen molar-refractivity contribution in [3.8, 4) is 11.5 Å². The van der Waals surface area contributed by atoms with Crippen molar-refractivity contribution in [1.82, 2.24) is 0 Å². The molecule has 0 saturated carbocycles. The van der Waals surface area contributed by atoms with Gasteiger partial charge in [-0.3, -0.25) is 9.11 Å². The maximum atomic E-state index is 11.8. The van der Waals surface area contributed by atoms with Crippen LogP contribution in [0.15, 0.2) is 62.5 Å². The van der Waals surface area contributed by atoms with Gasteiger partial charge in [0.1, 0.15) is 17.2 Å². The second kappa shape index (κ2) is 12.3. The molecule has 0 spiro atoms. The molecule has 0 aromatic heterocycles. The van der Waals surface area contributed by atoms with E-state index in [1.807, 2.05) is 0 Å². The Balaban J connectivity index is 1.87. The fraction of sp³-hybridized carbons (Fsp3) is 0.111. The number of hydrogen-bond donors (Lipinski definition) is 5. The Morgan fingerprint density at radius 2 is 1.71 bits per heavy atom. The highest BCUT2D eigenvalue weighted by Crippen LogP contribution is 2.45. The van der Waals surface area contributed by atoms with Gasteiger partial charge in [0, 0.05) is 11.5 Å². The number of nitrogens with zero attached hydrogens (tertiary/aromatic N) is 2. The Labute approximate surface area is 221 Å². The highest BCUT2D eigenvalue weighted by atomic mass is 32.3. The van der Waals surface area contributed by atoms with E-state index in [0.29, 0.717) is 12.0 Å². The molecule has 206 valence electrons. The molecule has 0 saturated heterocycles. The first kappa shape index (κ1) is 29.6. The molecule has 0 aliphatic heterocycles. The Bertz CT molecular complexity index is 1590. The number of rotatable bonds is 12. The molecule has 0 aliphatic carbocycles. The number of hydrogen-bond acceptors (Lipinski definition) is 15. The van der Waals surface area contributed by atoms with Crippen LogP contribution >= 0.6 is 12.0 Å². The molecule has 1 unspecified atom stereocenters. The minimum absolute atomic E-state index is 0.00942. The van der Waals surface area contributed by atoms with Gasteiger partial charge in [-0.2, -0.15) is 21.9 Å². The average molecular weight is 612 g/mol. The molecule has 38 heavy (non-hydrogen) atoms. The van der Waals surface area contributed by atoms with E-state index in [-0.39, 0.29) is 44.2 Å². The van der Waals surface area contributed by atoms with Crippen molar-refractivity contribution in [1.29, 1.82) is 0 Å². The largest absolute Gasteiger partial charge is 0.507 e. The molecule has 0 amide bonds. The highest BCUT2D eigenvalue weighted by molar-refractivity contribution is 7.94. The predicted molar refractivity (Wildman–Crippen MR) is 132 cm³/mol. The van der Waals surface area contributed by atoms with Gasteiger partial charge in [-0.1, -0.05) is 5.04 Å². The number of azo groups is 1. The van der Waals surface area contributed by atoms with Crippen molar-refractivity contribution >= 4 is 71.5 Å². The van der Waals surface area contributed by atoms with Crippen molar-refractivity contribution in [2.45, 2.75) is 9.79 Å². The van der Waals surface area contributed by atoms with E-state index in [4.69, 9.17) is 19.7 Å². The van der Waals surface area contributed by atoms with Crippen molar-refractivity contribution in [2.24, 2.45) is 10.2 Å². The summed E-state index contributed by atoms with van der Waals surface area (Å²) in [4.78, 5) is -0.525. The number of phenolic OH excluding ortho intramolecular Hbond substituents is 1. The number of phenols is 1. The van der Waals surface area contributed by atoms with Crippen LogP contribution in [0.3, 0.4) is 0 Å². The number of fused-ring (bicyclic) bond motifs is 1. The SMILES string of the molecule is Nc1c(N=Nc2ccc(OS(=O)CCOS(=O)(=O)O)cc2)c(SOOO)cc2cc(S(=O)(=O)O)cc(O)c12. The third-order valence-corrected chi connectivity index (χ3v) is 7.19. The second-order valence-electron chi connectivity index (χ2n) is 6.91. The number of nitrogen functional groups attached to an aromatic ring is 1. The van der Waals surface area contributed by atoms with Crippen LogP contribution in [0.4, 0.5) is 17.1 Å². The van der Waals surface area contributed by atoms with Crippen molar-refractivity contribution in [2.75, 3.05) is 18.1 Å². The minimum Gasteiger partial charge on any atom is -0.507 e. The maximum Gasteiger partial charge on any atom is 0.397 e. The quantitative estimate of drug-likeness (QED) is 0.0492. The van der Waals surface area contributed by atoms with Gasteiger partial charge in [-0.25, -0.2) is 13.6 Å². The van der Waals surface area contributed by atoms with Crippen LogP contribution in [0.5, 0.6) is 11.5 Å². The van der Waals surface area contributed by atoms with E-state index in [0.717, 1.165) is 12.1 Å². The summed E-state index contributed by atoms with van der Waals surface area (Å²) in [6.45, 7) is -0.566. The summed E-state index contributed by atoms with van der Waals surface area (Å²) in [5.41, 5.74) is 6.18. The fourth-order valence-corrected chi connectivity index (χ4v) is 4.96. The molecule has 0 aliphatic rings. The van der Waals surface area contributed by atoms with Crippen LogP contribution in [0.25, 0.3) is 10.8 Å². The zero-order valence-corrected chi connectivity index (χ0v) is 21.8. The minimum atomic E-state index is -4.66. The van der Waals surface area contributed by atoms with Crippen LogP contribution in [0.1, 0.15) is 0 Å². The lowest BCUT2D eigenvalue weighted by Crippen LogP contribution is -2.14. The lowest BCUT2D eigenvalue weighted by atomic mass is 10.1. The number of benzene rings is 3. The van der Waals surface area contributed by atoms with Gasteiger partial charge in [0.15, 0.2) is 0 Å². The zero-order chi connectivity index (χ0) is 28.1. The first-order chi connectivity index (χ1) is 17.8. The van der Waals surface area contributed by atoms with Crippen LogP contribution < -0.4 is 9.92 Å². The Kier molecular flexibility index (Phi) is 9.59. The Hall–Kier alpha value is -2.92. The summed E-state index contributed by atoms with van der Waals surface area (Å²) >= 11 is -1.54. The van der Waals surface area contributed by atoms with Gasteiger partial charge in [-0.15, -0.1) is 9.45 Å². The van der Waals surface area contributed by atoms with Crippen LogP contribution in [-0.4, -0.2) is 52.9 Å². The molecular weight excluding hydrogens is 594 g/mol. The number of anilines is 1. The summed E-state index contributed by atoms with van der Waals surface area (Å²) in [7, 11) is -9.31. The normalized spacial score (nSPS) is 13.2. The van der Waals surface area contributed by atoms with E-state index in [1.54, 1.807) is 0 Å². The summed E-state index contributed by atoms with van der Waals surface area (Å²) in [6, 6.07) is 8.71. The Morgan fingerprint density at radius 1 is 1.03 bits per heavy atom. The second-order valence-corrected chi connectivity index (χ2v) is 11.4. The summed E-state index contributed by atoms with van der Waals surface area (Å²) in [6.07, 6.45) is 0. The van der Waals surface area contributed by atoms with Gasteiger partial charge in [0.05, 0.1) is 45.6 Å². The summed E-state index contributed by atoms with van der Waals surface area (Å²) < 4.78 is 87.2. The van der Waals surface area contributed by atoms with Crippen LogP contribution in [0, 0.1) is 0 Å². The standard InChI is InChI=1S/C18H17N3O13S4/c19-17-16-10(7-13(9-14(16)22)37(25,26)27)8-15(35-34-33-23)18(17)21-20-11-1-3-12(4-2-11)32-36(24)6-5-31-38(28,29)30/h1-4,7-9,22-23H,5-6,19H2,(H,25,26,27)(H,28,29,30). The van der Waals surface area contributed by atoms with Crippen molar-refractivity contribution in [3.05, 3.63) is 42.5 Å². The average Bonchev–Trinajstić information content (AvgIpc) is 2.81. The van der Waals surface area contributed by atoms with Gasteiger partial charge in [0.2, 0.25) is 11.1 Å². The zero-order valence-electron chi connectivity index (χ0n) is 18.5. The molecule has 16 nitrogen and oxygen atoms in total. The van der Waals surface area contributed by atoms with E-state index in [1.165, 1.54) is 30.3 Å². The van der Waals surface area contributed by atoms with Crippen molar-refractivity contribution < 1.29 is 58.3 Å². The van der Waals surface area contributed by atoms with Crippen LogP contribution in [-0.2, 0) is 45.2 Å². The molecule has 0 bridgehead atoms. The molecule has 0 radical (unpaired) electrons. The van der Waals surface area contributed by atoms with E-state index in [9.17, 15) is 30.7 Å². The smallest absolute Gasteiger partial charge is 0.397 e. The monoisotopic (exact) mass is 611 g/mol.